The molecule has 0 aliphatic heterocycles. The molecule has 3 aromatic rings. The van der Waals surface area contributed by atoms with Crippen LogP contribution in [0.3, 0.4) is 0 Å². The lowest BCUT2D eigenvalue weighted by Crippen LogP contribution is -2.41. The fourth-order valence-corrected chi connectivity index (χ4v) is 3.25. The number of thiazole rings is 1. The summed E-state index contributed by atoms with van der Waals surface area (Å²) < 4.78 is 7.23. The zero-order valence-corrected chi connectivity index (χ0v) is 13.3. The Morgan fingerprint density at radius 1 is 1.55 bits per heavy atom. The lowest BCUT2D eigenvalue weighted by molar-refractivity contribution is -0.122. The maximum absolute atomic E-state index is 12.1. The first-order valence-corrected chi connectivity index (χ1v) is 7.86. The first kappa shape index (κ1) is 14.8. The van der Waals surface area contributed by atoms with Crippen LogP contribution >= 0.6 is 11.3 Å². The molecular formula is C15H18N4O2S. The van der Waals surface area contributed by atoms with E-state index >= 15 is 0 Å². The minimum Gasteiger partial charge on any atom is -0.469 e. The van der Waals surface area contributed by atoms with Gasteiger partial charge in [-0.1, -0.05) is 0 Å². The minimum atomic E-state index is -0.626. The summed E-state index contributed by atoms with van der Waals surface area (Å²) >= 11 is 1.63. The van der Waals surface area contributed by atoms with Crippen LogP contribution in [0, 0.1) is 13.8 Å². The average Bonchev–Trinajstić information content (AvgIpc) is 3.14. The quantitative estimate of drug-likeness (QED) is 0.751. The van der Waals surface area contributed by atoms with E-state index in [2.05, 4.69) is 10.3 Å². The largest absolute Gasteiger partial charge is 0.469 e. The summed E-state index contributed by atoms with van der Waals surface area (Å²) in [6, 6.07) is 2.97. The van der Waals surface area contributed by atoms with E-state index < -0.39 is 6.04 Å². The van der Waals surface area contributed by atoms with Gasteiger partial charge in [-0.05, 0) is 26.0 Å². The Bertz CT molecular complexity index is 788. The molecule has 3 heterocycles. The van der Waals surface area contributed by atoms with Crippen molar-refractivity contribution >= 4 is 22.2 Å². The number of carbonyl (C=O) groups is 1. The van der Waals surface area contributed by atoms with Crippen LogP contribution in [0.1, 0.15) is 22.0 Å². The topological polar surface area (TPSA) is 85.6 Å². The highest BCUT2D eigenvalue weighted by molar-refractivity contribution is 7.17. The number of fused-ring (bicyclic) bond motifs is 1. The molecule has 1 atom stereocenters. The van der Waals surface area contributed by atoms with E-state index in [0.717, 1.165) is 16.3 Å². The number of nitrogens with one attached hydrogen (secondary N) is 1. The van der Waals surface area contributed by atoms with Gasteiger partial charge in [-0.2, -0.15) is 0 Å². The molecule has 0 aliphatic carbocycles. The van der Waals surface area contributed by atoms with Gasteiger partial charge in [0.15, 0.2) is 4.96 Å². The van der Waals surface area contributed by atoms with Crippen LogP contribution in [0.5, 0.6) is 0 Å². The zero-order chi connectivity index (χ0) is 15.7. The molecule has 0 aromatic carbocycles. The second-order valence-corrected chi connectivity index (χ2v) is 6.46. The van der Waals surface area contributed by atoms with E-state index in [9.17, 15) is 4.79 Å². The third-order valence-electron chi connectivity index (χ3n) is 3.51. The number of aromatic nitrogens is 2. The van der Waals surface area contributed by atoms with Crippen LogP contribution in [-0.2, 0) is 17.8 Å². The maximum Gasteiger partial charge on any atom is 0.237 e. The van der Waals surface area contributed by atoms with Gasteiger partial charge in [0.25, 0.3) is 0 Å². The predicted octanol–water partition coefficient (Wildman–Crippen LogP) is 1.79. The van der Waals surface area contributed by atoms with Crippen LogP contribution in [0.2, 0.25) is 0 Å². The van der Waals surface area contributed by atoms with E-state index in [1.807, 2.05) is 30.5 Å². The number of aryl methyl sites for hydroxylation is 2. The van der Waals surface area contributed by atoms with Gasteiger partial charge in [0.1, 0.15) is 5.76 Å². The molecule has 0 fully saturated rings. The molecule has 3 N–H and O–H groups in total. The molecule has 0 saturated carbocycles. The molecule has 116 valence electrons. The molecule has 0 saturated heterocycles. The number of nitrogens with two attached hydrogens (primary N) is 1. The van der Waals surface area contributed by atoms with Crippen molar-refractivity contribution in [1.29, 1.82) is 0 Å². The first-order valence-electron chi connectivity index (χ1n) is 7.04. The maximum atomic E-state index is 12.1. The summed E-state index contributed by atoms with van der Waals surface area (Å²) in [6.07, 6.45) is 3.99. The SMILES string of the molecule is Cc1cn2c(CNC(=O)C(N)Cc3ccco3)c(C)nc2s1. The molecule has 0 radical (unpaired) electrons. The lowest BCUT2D eigenvalue weighted by Gasteiger charge is -2.11. The van der Waals surface area contributed by atoms with Gasteiger partial charge in [-0.3, -0.25) is 9.20 Å². The van der Waals surface area contributed by atoms with Crippen LogP contribution in [0.25, 0.3) is 4.96 Å². The van der Waals surface area contributed by atoms with Crippen molar-refractivity contribution in [2.24, 2.45) is 5.73 Å². The Hall–Kier alpha value is -2.12. The smallest absolute Gasteiger partial charge is 0.237 e. The number of amides is 1. The van der Waals surface area contributed by atoms with Crippen molar-refractivity contribution in [3.8, 4) is 0 Å². The van der Waals surface area contributed by atoms with Crippen LogP contribution in [0.15, 0.2) is 29.0 Å². The van der Waals surface area contributed by atoms with Gasteiger partial charge in [-0.25, -0.2) is 4.98 Å². The normalized spacial score (nSPS) is 12.7. The highest BCUT2D eigenvalue weighted by atomic mass is 32.1. The van der Waals surface area contributed by atoms with Crippen LogP contribution < -0.4 is 11.1 Å². The fourth-order valence-electron chi connectivity index (χ4n) is 2.36. The second kappa shape index (κ2) is 5.94. The molecule has 3 rings (SSSR count). The van der Waals surface area contributed by atoms with Gasteiger partial charge in [0.2, 0.25) is 5.91 Å². The van der Waals surface area contributed by atoms with Crippen molar-refractivity contribution in [2.75, 3.05) is 0 Å². The highest BCUT2D eigenvalue weighted by Gasteiger charge is 2.17. The minimum absolute atomic E-state index is 0.197. The Morgan fingerprint density at radius 2 is 2.36 bits per heavy atom. The summed E-state index contributed by atoms with van der Waals surface area (Å²) in [5.41, 5.74) is 7.82. The number of imidazole rings is 1. The predicted molar refractivity (Wildman–Crippen MR) is 84.8 cm³/mol. The molecule has 0 spiro atoms. The molecule has 7 heteroatoms. The third-order valence-corrected chi connectivity index (χ3v) is 4.41. The molecule has 1 amide bonds. The summed E-state index contributed by atoms with van der Waals surface area (Å²) in [6.45, 7) is 4.39. The van der Waals surface area contributed by atoms with E-state index in [0.29, 0.717) is 18.7 Å². The van der Waals surface area contributed by atoms with Crippen LogP contribution in [-0.4, -0.2) is 21.3 Å². The summed E-state index contributed by atoms with van der Waals surface area (Å²) in [4.78, 5) is 18.7. The number of rotatable bonds is 5. The van der Waals surface area contributed by atoms with Crippen molar-refractivity contribution in [1.82, 2.24) is 14.7 Å². The molecular weight excluding hydrogens is 300 g/mol. The van der Waals surface area contributed by atoms with Crippen molar-refractivity contribution in [2.45, 2.75) is 32.9 Å². The molecule has 6 nitrogen and oxygen atoms in total. The lowest BCUT2D eigenvalue weighted by atomic mass is 10.1. The van der Waals surface area contributed by atoms with Gasteiger partial charge < -0.3 is 15.5 Å². The van der Waals surface area contributed by atoms with E-state index in [1.54, 1.807) is 23.7 Å². The van der Waals surface area contributed by atoms with Crippen molar-refractivity contribution < 1.29 is 9.21 Å². The summed E-state index contributed by atoms with van der Waals surface area (Å²) in [7, 11) is 0. The number of carbonyl (C=O) groups excluding carboxylic acids is 1. The number of furan rings is 1. The Morgan fingerprint density at radius 3 is 3.09 bits per heavy atom. The number of nitrogens with zero attached hydrogens (tertiary/aromatic N) is 2. The molecule has 3 aromatic heterocycles. The zero-order valence-electron chi connectivity index (χ0n) is 12.5. The van der Waals surface area contributed by atoms with E-state index in [4.69, 9.17) is 10.2 Å². The molecule has 1 unspecified atom stereocenters. The van der Waals surface area contributed by atoms with Gasteiger partial charge in [0, 0.05) is 17.5 Å². The molecule has 22 heavy (non-hydrogen) atoms. The highest BCUT2D eigenvalue weighted by Crippen LogP contribution is 2.20. The summed E-state index contributed by atoms with van der Waals surface area (Å²) in [5.74, 6) is 0.511. The van der Waals surface area contributed by atoms with Crippen LogP contribution in [0.4, 0.5) is 0 Å². The van der Waals surface area contributed by atoms with Gasteiger partial charge in [-0.15, -0.1) is 11.3 Å². The Kier molecular flexibility index (Phi) is 4.00. The van der Waals surface area contributed by atoms with E-state index in [1.165, 1.54) is 4.88 Å². The summed E-state index contributed by atoms with van der Waals surface area (Å²) in [5, 5.41) is 2.88. The number of hydrogen-bond donors (Lipinski definition) is 2. The standard InChI is InChI=1S/C15H18N4O2S/c1-9-8-19-13(10(2)18-15(19)22-9)7-17-14(20)12(16)6-11-4-3-5-21-11/h3-5,8,12H,6-7,16H2,1-2H3,(H,17,20). The third kappa shape index (κ3) is 2.90. The number of hydrogen-bond acceptors (Lipinski definition) is 5. The van der Waals surface area contributed by atoms with Gasteiger partial charge >= 0.3 is 0 Å². The molecule has 0 bridgehead atoms. The van der Waals surface area contributed by atoms with Crippen molar-refractivity contribution in [3.05, 3.63) is 46.6 Å². The Balaban J connectivity index is 1.65. The first-order chi connectivity index (χ1) is 10.5. The van der Waals surface area contributed by atoms with Crippen molar-refractivity contribution in [3.63, 3.8) is 0 Å². The monoisotopic (exact) mass is 318 g/mol. The average molecular weight is 318 g/mol. The Labute approximate surface area is 132 Å². The fraction of sp³-hybridized carbons (Fsp3) is 0.333. The van der Waals surface area contributed by atoms with E-state index in [-0.39, 0.29) is 5.91 Å². The van der Waals surface area contributed by atoms with Gasteiger partial charge in [0.05, 0.1) is 30.2 Å². The molecule has 0 aliphatic rings. The second-order valence-electron chi connectivity index (χ2n) is 5.25.